The van der Waals surface area contributed by atoms with E-state index < -0.39 is 31.2 Å². The third-order valence-corrected chi connectivity index (χ3v) is 6.38. The number of hydrogen-bond acceptors (Lipinski definition) is 10. The second kappa shape index (κ2) is 9.95. The SMILES string of the molecule is CC(C)[C@H](N)C(=O)OCC1(CO[P+](=O)Oc2ccccc2)C/C1=C/n1cnc2c(=O)[nH]c(N)nc21. The number of nitrogen functional groups attached to an aromatic ring is 1. The highest BCUT2D eigenvalue weighted by Crippen LogP contribution is 2.54. The van der Waals surface area contributed by atoms with Crippen molar-refractivity contribution < 1.29 is 23.1 Å². The van der Waals surface area contributed by atoms with Crippen molar-refractivity contribution in [2.75, 3.05) is 18.9 Å². The predicted molar refractivity (Wildman–Crippen MR) is 128 cm³/mol. The van der Waals surface area contributed by atoms with Gasteiger partial charge in [-0.05, 0) is 30.0 Å². The van der Waals surface area contributed by atoms with E-state index in [4.69, 9.17) is 25.3 Å². The molecule has 5 N–H and O–H groups in total. The third kappa shape index (κ3) is 5.56. The zero-order chi connectivity index (χ0) is 25.2. The van der Waals surface area contributed by atoms with E-state index in [0.29, 0.717) is 12.2 Å². The second-order valence-electron chi connectivity index (χ2n) is 8.67. The lowest BCUT2D eigenvalue weighted by molar-refractivity contribution is -0.148. The van der Waals surface area contributed by atoms with Crippen LogP contribution in [-0.4, -0.2) is 44.7 Å². The fourth-order valence-corrected chi connectivity index (χ4v) is 4.08. The van der Waals surface area contributed by atoms with Crippen LogP contribution in [0.2, 0.25) is 0 Å². The highest BCUT2D eigenvalue weighted by Gasteiger charge is 2.53. The maximum atomic E-state index is 12.4. The van der Waals surface area contributed by atoms with Gasteiger partial charge in [-0.3, -0.25) is 19.1 Å². The van der Waals surface area contributed by atoms with E-state index in [1.807, 2.05) is 19.9 Å². The van der Waals surface area contributed by atoms with Crippen molar-refractivity contribution in [3.8, 4) is 5.75 Å². The number of esters is 1. The first kappa shape index (κ1) is 24.5. The van der Waals surface area contributed by atoms with E-state index in [0.717, 1.165) is 5.57 Å². The molecule has 3 atom stereocenters. The number of nitrogens with zero attached hydrogens (tertiary/aromatic N) is 3. The highest BCUT2D eigenvalue weighted by atomic mass is 31.1. The van der Waals surface area contributed by atoms with Gasteiger partial charge in [0.05, 0.1) is 5.41 Å². The molecule has 0 saturated heterocycles. The summed E-state index contributed by atoms with van der Waals surface area (Å²) in [6.45, 7) is 3.58. The fourth-order valence-electron chi connectivity index (χ4n) is 3.39. The van der Waals surface area contributed by atoms with Gasteiger partial charge in [0.2, 0.25) is 5.95 Å². The Hall–Kier alpha value is -3.60. The number of fused-ring (bicyclic) bond motifs is 1. The van der Waals surface area contributed by atoms with Gasteiger partial charge >= 0.3 is 14.2 Å². The summed E-state index contributed by atoms with van der Waals surface area (Å²) < 4.78 is 30.2. The largest absolute Gasteiger partial charge is 0.750 e. The number of nitrogens with two attached hydrogens (primary N) is 2. The molecule has 3 aromatic rings. The topological polar surface area (TPSA) is 177 Å². The molecule has 13 heteroatoms. The minimum atomic E-state index is -2.47. The first-order valence-electron chi connectivity index (χ1n) is 10.9. The van der Waals surface area contributed by atoms with Crippen LogP contribution in [0.4, 0.5) is 5.95 Å². The van der Waals surface area contributed by atoms with Gasteiger partial charge in [0.15, 0.2) is 16.9 Å². The molecule has 1 saturated carbocycles. The number of aromatic nitrogens is 4. The molecule has 184 valence electrons. The van der Waals surface area contributed by atoms with E-state index in [1.165, 1.54) is 6.33 Å². The number of benzene rings is 1. The van der Waals surface area contributed by atoms with Gasteiger partial charge in [0, 0.05) is 10.8 Å². The summed E-state index contributed by atoms with van der Waals surface area (Å²) >= 11 is 0. The van der Waals surface area contributed by atoms with Gasteiger partial charge in [-0.1, -0.05) is 32.0 Å². The van der Waals surface area contributed by atoms with Crippen molar-refractivity contribution in [3.05, 3.63) is 52.6 Å². The molecule has 1 fully saturated rings. The smallest absolute Gasteiger partial charge is 0.463 e. The standard InChI is InChI=1S/C22H25N6O6P/c1-13(2)16(23)20(30)32-10-22(11-33-35(31)34-15-6-4-3-5-7-15)8-14(22)9-28-12-25-17-18(28)26-21(24)27-19(17)29/h3-7,9,12-13,16H,8,10-11,23H2,1-2H3,(H2-,24,26,27,29)/p+1/b14-9-/t16-,22?/m0/s1. The Labute approximate surface area is 201 Å². The molecule has 4 rings (SSSR count). The normalized spacial score (nSPS) is 19.7. The van der Waals surface area contributed by atoms with E-state index in [2.05, 4.69) is 15.0 Å². The van der Waals surface area contributed by atoms with Crippen LogP contribution in [0.1, 0.15) is 20.3 Å². The molecule has 2 heterocycles. The number of aromatic amines is 1. The molecule has 1 aromatic carbocycles. The Bertz CT molecular complexity index is 1340. The average molecular weight is 501 g/mol. The summed E-state index contributed by atoms with van der Waals surface area (Å²) in [7, 11) is -2.47. The Morgan fingerprint density at radius 2 is 2.06 bits per heavy atom. The number of anilines is 1. The highest BCUT2D eigenvalue weighted by molar-refractivity contribution is 7.33. The maximum Gasteiger partial charge on any atom is 0.750 e. The van der Waals surface area contributed by atoms with Crippen LogP contribution in [0.25, 0.3) is 17.4 Å². The number of imidazole rings is 1. The summed E-state index contributed by atoms with van der Waals surface area (Å²) in [5.41, 5.74) is 11.6. The van der Waals surface area contributed by atoms with Gasteiger partial charge in [0.1, 0.15) is 25.6 Å². The molecule has 1 aliphatic carbocycles. The molecule has 2 unspecified atom stereocenters. The minimum Gasteiger partial charge on any atom is -0.463 e. The molecule has 0 amide bonds. The second-order valence-corrected chi connectivity index (χ2v) is 9.55. The lowest BCUT2D eigenvalue weighted by Gasteiger charge is -2.17. The van der Waals surface area contributed by atoms with Crippen LogP contribution in [0.3, 0.4) is 0 Å². The van der Waals surface area contributed by atoms with E-state index in [-0.39, 0.29) is 36.2 Å². The number of carbonyl (C=O) groups excluding carboxylic acids is 1. The molecule has 12 nitrogen and oxygen atoms in total. The Kier molecular flexibility index (Phi) is 6.97. The number of carbonyl (C=O) groups is 1. The van der Waals surface area contributed by atoms with Gasteiger partial charge in [0.25, 0.3) is 5.56 Å². The van der Waals surface area contributed by atoms with Crippen molar-refractivity contribution in [2.45, 2.75) is 26.3 Å². The molecular formula is C22H26N6O6P+. The molecule has 0 radical (unpaired) electrons. The zero-order valence-electron chi connectivity index (χ0n) is 19.2. The molecule has 1 aliphatic rings. The Morgan fingerprint density at radius 1 is 1.31 bits per heavy atom. The van der Waals surface area contributed by atoms with Gasteiger partial charge in [-0.2, -0.15) is 4.98 Å². The average Bonchev–Trinajstić information content (AvgIpc) is 3.35. The number of para-hydroxylation sites is 1. The fraction of sp³-hybridized carbons (Fsp3) is 0.364. The van der Waals surface area contributed by atoms with Crippen LogP contribution in [0.15, 0.2) is 47.0 Å². The van der Waals surface area contributed by atoms with Crippen molar-refractivity contribution in [1.82, 2.24) is 19.5 Å². The number of H-pyrrole nitrogens is 1. The van der Waals surface area contributed by atoms with Crippen LogP contribution < -0.4 is 21.6 Å². The molecule has 0 aliphatic heterocycles. The van der Waals surface area contributed by atoms with Crippen LogP contribution in [-0.2, 0) is 18.6 Å². The van der Waals surface area contributed by atoms with Crippen LogP contribution in [0.5, 0.6) is 5.75 Å². The summed E-state index contributed by atoms with van der Waals surface area (Å²) in [6.07, 6.45) is 3.62. The predicted octanol–water partition coefficient (Wildman–Crippen LogP) is 2.21. The van der Waals surface area contributed by atoms with E-state index in [1.54, 1.807) is 35.0 Å². The van der Waals surface area contributed by atoms with E-state index >= 15 is 0 Å². The van der Waals surface area contributed by atoms with Crippen LogP contribution >= 0.6 is 8.25 Å². The van der Waals surface area contributed by atoms with Gasteiger partial charge < -0.3 is 16.2 Å². The minimum absolute atomic E-state index is 0.0324. The molecule has 2 aromatic heterocycles. The molecular weight excluding hydrogens is 475 g/mol. The number of rotatable bonds is 10. The third-order valence-electron chi connectivity index (χ3n) is 5.68. The number of hydrogen-bond donors (Lipinski definition) is 3. The summed E-state index contributed by atoms with van der Waals surface area (Å²) in [5.74, 6) is -0.267. The first-order chi connectivity index (χ1) is 16.7. The van der Waals surface area contributed by atoms with Crippen molar-refractivity contribution in [1.29, 1.82) is 0 Å². The molecule has 0 bridgehead atoms. The Morgan fingerprint density at radius 3 is 2.77 bits per heavy atom. The lowest BCUT2D eigenvalue weighted by atomic mass is 10.1. The monoisotopic (exact) mass is 501 g/mol. The van der Waals surface area contributed by atoms with Crippen molar-refractivity contribution in [3.63, 3.8) is 0 Å². The molecule has 35 heavy (non-hydrogen) atoms. The van der Waals surface area contributed by atoms with Gasteiger partial charge in [-0.15, -0.1) is 4.52 Å². The number of nitrogens with one attached hydrogen (secondary N) is 1. The van der Waals surface area contributed by atoms with Crippen molar-refractivity contribution >= 4 is 37.5 Å². The summed E-state index contributed by atoms with van der Waals surface area (Å²) in [6, 6.07) is 7.86. The van der Waals surface area contributed by atoms with Gasteiger partial charge in [-0.25, -0.2) is 9.51 Å². The van der Waals surface area contributed by atoms with Crippen LogP contribution in [0, 0.1) is 11.3 Å². The zero-order valence-corrected chi connectivity index (χ0v) is 20.1. The number of ether oxygens (including phenoxy) is 1. The summed E-state index contributed by atoms with van der Waals surface area (Å²) in [5, 5.41) is 0. The lowest BCUT2D eigenvalue weighted by Crippen LogP contribution is -2.38. The molecule has 0 spiro atoms. The quantitative estimate of drug-likeness (QED) is 0.276. The Balaban J connectivity index is 1.53. The maximum absolute atomic E-state index is 12.4. The van der Waals surface area contributed by atoms with E-state index in [9.17, 15) is 14.2 Å². The summed E-state index contributed by atoms with van der Waals surface area (Å²) in [4.78, 5) is 35.0. The first-order valence-corrected chi connectivity index (χ1v) is 12.0. The van der Waals surface area contributed by atoms with Crippen molar-refractivity contribution in [2.24, 2.45) is 17.1 Å².